The molecule has 102 valence electrons. The molecule has 1 unspecified atom stereocenters. The van der Waals surface area contributed by atoms with E-state index in [2.05, 4.69) is 25.1 Å². The van der Waals surface area contributed by atoms with Gasteiger partial charge in [0.05, 0.1) is 0 Å². The van der Waals surface area contributed by atoms with E-state index in [1.54, 1.807) is 0 Å². The van der Waals surface area contributed by atoms with Crippen LogP contribution in [-0.4, -0.2) is 43.1 Å². The predicted octanol–water partition coefficient (Wildman–Crippen LogP) is 2.72. The molecule has 0 amide bonds. The van der Waals surface area contributed by atoms with Gasteiger partial charge >= 0.3 is 0 Å². The highest BCUT2D eigenvalue weighted by Crippen LogP contribution is 2.13. The molecule has 0 aliphatic carbocycles. The highest BCUT2D eigenvalue weighted by atomic mass is 32.2. The number of hydrogen-bond acceptors (Lipinski definition) is 4. The first-order chi connectivity index (χ1) is 8.67. The molecule has 0 saturated heterocycles. The number of hydrogen-bond donors (Lipinski definition) is 1. The number of nitrogen functional groups attached to an aromatic ring is 1. The van der Waals surface area contributed by atoms with Gasteiger partial charge in [-0.3, -0.25) is 4.90 Å². The minimum Gasteiger partial charge on any atom is -0.492 e. The molecule has 1 aromatic carbocycles. The van der Waals surface area contributed by atoms with Gasteiger partial charge in [-0.1, -0.05) is 6.92 Å². The normalized spacial score (nSPS) is 12.7. The van der Waals surface area contributed by atoms with Gasteiger partial charge in [-0.05, 0) is 44.0 Å². The third-order valence-corrected chi connectivity index (χ3v) is 3.76. The summed E-state index contributed by atoms with van der Waals surface area (Å²) in [6.45, 7) is 3.90. The molecule has 1 aromatic rings. The van der Waals surface area contributed by atoms with Crippen LogP contribution < -0.4 is 10.5 Å². The quantitative estimate of drug-likeness (QED) is 0.736. The Bertz CT molecular complexity index is 329. The summed E-state index contributed by atoms with van der Waals surface area (Å²) in [6.07, 6.45) is 3.33. The SMILES string of the molecule is CCC(CSC)N(C)CCOc1ccc(N)cc1. The lowest BCUT2D eigenvalue weighted by molar-refractivity contribution is 0.199. The van der Waals surface area contributed by atoms with Crippen LogP contribution in [-0.2, 0) is 0 Å². The Morgan fingerprint density at radius 3 is 2.56 bits per heavy atom. The van der Waals surface area contributed by atoms with Crippen molar-refractivity contribution >= 4 is 17.4 Å². The molecule has 0 aliphatic heterocycles. The summed E-state index contributed by atoms with van der Waals surface area (Å²) in [6, 6.07) is 8.18. The first-order valence-corrected chi connectivity index (χ1v) is 7.74. The summed E-state index contributed by atoms with van der Waals surface area (Å²) in [5.41, 5.74) is 6.40. The fraction of sp³-hybridized carbons (Fsp3) is 0.571. The van der Waals surface area contributed by atoms with Crippen LogP contribution in [0.25, 0.3) is 0 Å². The average Bonchev–Trinajstić information content (AvgIpc) is 2.38. The molecule has 0 bridgehead atoms. The zero-order valence-corrected chi connectivity index (χ0v) is 12.4. The van der Waals surface area contributed by atoms with Crippen LogP contribution in [0.4, 0.5) is 5.69 Å². The van der Waals surface area contributed by atoms with E-state index in [-0.39, 0.29) is 0 Å². The Hall–Kier alpha value is -0.870. The van der Waals surface area contributed by atoms with E-state index in [1.807, 2.05) is 36.0 Å². The lowest BCUT2D eigenvalue weighted by Crippen LogP contribution is -2.36. The second-order valence-electron chi connectivity index (χ2n) is 4.42. The van der Waals surface area contributed by atoms with Crippen molar-refractivity contribution in [3.05, 3.63) is 24.3 Å². The summed E-state index contributed by atoms with van der Waals surface area (Å²) < 4.78 is 5.70. The third kappa shape index (κ3) is 5.19. The molecule has 0 saturated carbocycles. The number of nitrogens with zero attached hydrogens (tertiary/aromatic N) is 1. The second-order valence-corrected chi connectivity index (χ2v) is 5.33. The Labute approximate surface area is 115 Å². The van der Waals surface area contributed by atoms with Crippen LogP contribution in [0.1, 0.15) is 13.3 Å². The van der Waals surface area contributed by atoms with Crippen molar-refractivity contribution in [1.29, 1.82) is 0 Å². The molecule has 0 aromatic heterocycles. The Morgan fingerprint density at radius 1 is 1.33 bits per heavy atom. The minimum atomic E-state index is 0.634. The standard InChI is InChI=1S/C14H24N2OS/c1-4-13(11-18-3)16(2)9-10-17-14-7-5-12(15)6-8-14/h5-8,13H,4,9-11,15H2,1-3H3. The van der Waals surface area contributed by atoms with Gasteiger partial charge in [0.2, 0.25) is 0 Å². The van der Waals surface area contributed by atoms with Crippen molar-refractivity contribution in [2.45, 2.75) is 19.4 Å². The molecule has 0 heterocycles. The number of benzene rings is 1. The Morgan fingerprint density at radius 2 is 2.00 bits per heavy atom. The number of thioether (sulfide) groups is 1. The highest BCUT2D eigenvalue weighted by Gasteiger charge is 2.11. The number of ether oxygens (including phenoxy) is 1. The van der Waals surface area contributed by atoms with E-state index in [4.69, 9.17) is 10.5 Å². The summed E-state index contributed by atoms with van der Waals surface area (Å²) >= 11 is 1.90. The van der Waals surface area contributed by atoms with Crippen LogP contribution in [0, 0.1) is 0 Å². The van der Waals surface area contributed by atoms with E-state index in [0.29, 0.717) is 12.6 Å². The zero-order chi connectivity index (χ0) is 13.4. The smallest absolute Gasteiger partial charge is 0.119 e. The van der Waals surface area contributed by atoms with Gasteiger partial charge in [-0.25, -0.2) is 0 Å². The molecule has 1 atom stereocenters. The maximum absolute atomic E-state index is 5.70. The minimum absolute atomic E-state index is 0.634. The molecule has 3 nitrogen and oxygen atoms in total. The molecular weight excluding hydrogens is 244 g/mol. The van der Waals surface area contributed by atoms with Crippen molar-refractivity contribution in [3.8, 4) is 5.75 Å². The zero-order valence-electron chi connectivity index (χ0n) is 11.6. The Kier molecular flexibility index (Phi) is 6.98. The third-order valence-electron chi connectivity index (χ3n) is 3.05. The summed E-state index contributed by atoms with van der Waals surface area (Å²) in [5.74, 6) is 2.06. The van der Waals surface area contributed by atoms with Crippen molar-refractivity contribution < 1.29 is 4.74 Å². The molecular formula is C14H24N2OS. The van der Waals surface area contributed by atoms with Gasteiger partial charge in [0, 0.05) is 24.0 Å². The molecule has 0 aliphatic rings. The summed E-state index contributed by atoms with van der Waals surface area (Å²) in [7, 11) is 2.16. The van der Waals surface area contributed by atoms with Crippen molar-refractivity contribution in [2.24, 2.45) is 0 Å². The van der Waals surface area contributed by atoms with Crippen molar-refractivity contribution in [1.82, 2.24) is 4.90 Å². The first kappa shape index (κ1) is 15.2. The fourth-order valence-corrected chi connectivity index (χ4v) is 2.68. The van der Waals surface area contributed by atoms with Gasteiger partial charge in [-0.15, -0.1) is 0 Å². The molecule has 1 rings (SSSR count). The maximum Gasteiger partial charge on any atom is 0.119 e. The van der Waals surface area contributed by atoms with E-state index in [9.17, 15) is 0 Å². The van der Waals surface area contributed by atoms with Gasteiger partial charge in [0.15, 0.2) is 0 Å². The molecule has 18 heavy (non-hydrogen) atoms. The molecule has 0 spiro atoms. The summed E-state index contributed by atoms with van der Waals surface area (Å²) in [4.78, 5) is 2.37. The number of rotatable bonds is 8. The lowest BCUT2D eigenvalue weighted by Gasteiger charge is -2.26. The van der Waals surface area contributed by atoms with Crippen LogP contribution >= 0.6 is 11.8 Å². The van der Waals surface area contributed by atoms with Crippen LogP contribution in [0.15, 0.2) is 24.3 Å². The number of likely N-dealkylation sites (N-methyl/N-ethyl adjacent to an activating group) is 1. The maximum atomic E-state index is 5.70. The first-order valence-electron chi connectivity index (χ1n) is 6.35. The van der Waals surface area contributed by atoms with Crippen molar-refractivity contribution in [3.63, 3.8) is 0 Å². The Balaban J connectivity index is 2.30. The van der Waals surface area contributed by atoms with E-state index in [1.165, 1.54) is 12.2 Å². The van der Waals surface area contributed by atoms with Crippen LogP contribution in [0.2, 0.25) is 0 Å². The van der Waals surface area contributed by atoms with Gasteiger partial charge in [-0.2, -0.15) is 11.8 Å². The van der Waals surface area contributed by atoms with Crippen LogP contribution in [0.3, 0.4) is 0 Å². The summed E-state index contributed by atoms with van der Waals surface area (Å²) in [5, 5.41) is 0. The molecule has 0 fully saturated rings. The average molecular weight is 268 g/mol. The van der Waals surface area contributed by atoms with E-state index in [0.717, 1.165) is 18.0 Å². The largest absolute Gasteiger partial charge is 0.492 e. The molecule has 0 radical (unpaired) electrons. The molecule has 2 N–H and O–H groups in total. The van der Waals surface area contributed by atoms with Gasteiger partial charge in [0.1, 0.15) is 12.4 Å². The van der Waals surface area contributed by atoms with Crippen molar-refractivity contribution in [2.75, 3.05) is 37.9 Å². The van der Waals surface area contributed by atoms with E-state index < -0.39 is 0 Å². The second kappa shape index (κ2) is 8.27. The van der Waals surface area contributed by atoms with Crippen LogP contribution in [0.5, 0.6) is 5.75 Å². The predicted molar refractivity (Wildman–Crippen MR) is 81.4 cm³/mol. The molecule has 4 heteroatoms. The van der Waals surface area contributed by atoms with Gasteiger partial charge in [0.25, 0.3) is 0 Å². The highest BCUT2D eigenvalue weighted by molar-refractivity contribution is 7.98. The number of nitrogens with two attached hydrogens (primary N) is 1. The lowest BCUT2D eigenvalue weighted by atomic mass is 10.2. The number of anilines is 1. The topological polar surface area (TPSA) is 38.5 Å². The van der Waals surface area contributed by atoms with E-state index >= 15 is 0 Å². The van der Waals surface area contributed by atoms with Gasteiger partial charge < -0.3 is 10.5 Å². The monoisotopic (exact) mass is 268 g/mol. The fourth-order valence-electron chi connectivity index (χ4n) is 1.80.